The number of anilines is 1. The highest BCUT2D eigenvalue weighted by Gasteiger charge is 2.29. The van der Waals surface area contributed by atoms with E-state index < -0.39 is 5.97 Å². The van der Waals surface area contributed by atoms with Crippen molar-refractivity contribution in [1.29, 1.82) is 0 Å². The number of hydrogen-bond acceptors (Lipinski definition) is 4. The highest BCUT2D eigenvalue weighted by atomic mass is 16.5. The van der Waals surface area contributed by atoms with Crippen LogP contribution in [-0.2, 0) is 16.6 Å². The number of esters is 1. The first-order valence-corrected chi connectivity index (χ1v) is 8.83. The molecule has 1 N–H and O–H groups in total. The van der Waals surface area contributed by atoms with E-state index in [2.05, 4.69) is 20.9 Å². The van der Waals surface area contributed by atoms with E-state index in [1.54, 1.807) is 12.1 Å². The number of nitrogens with zero attached hydrogens (tertiary/aromatic N) is 2. The molecule has 2 heterocycles. The van der Waals surface area contributed by atoms with Crippen LogP contribution >= 0.6 is 0 Å². The van der Waals surface area contributed by atoms with Gasteiger partial charge in [0.2, 0.25) is 5.91 Å². The first-order chi connectivity index (χ1) is 12.5. The van der Waals surface area contributed by atoms with Crippen LogP contribution in [-0.4, -0.2) is 41.5 Å². The number of amides is 1. The maximum Gasteiger partial charge on any atom is 0.337 e. The molecular formula is C20H25N3O3. The summed E-state index contributed by atoms with van der Waals surface area (Å²) in [5, 5.41) is 2.94. The van der Waals surface area contributed by atoms with Crippen molar-refractivity contribution in [2.45, 2.75) is 25.8 Å². The van der Waals surface area contributed by atoms with Crippen LogP contribution in [0, 0.1) is 6.92 Å². The number of rotatable bonds is 5. The molecular weight excluding hydrogens is 330 g/mol. The molecule has 3 rings (SSSR count). The Kier molecular flexibility index (Phi) is 5.42. The summed E-state index contributed by atoms with van der Waals surface area (Å²) in [4.78, 5) is 26.5. The lowest BCUT2D eigenvalue weighted by molar-refractivity contribution is -0.117. The Morgan fingerprint density at radius 3 is 2.81 bits per heavy atom. The molecule has 0 aliphatic carbocycles. The summed E-state index contributed by atoms with van der Waals surface area (Å²) in [6.45, 7) is 3.14. The van der Waals surface area contributed by atoms with Crippen LogP contribution in [0.4, 0.5) is 5.69 Å². The lowest BCUT2D eigenvalue weighted by atomic mass is 10.1. The summed E-state index contributed by atoms with van der Waals surface area (Å²) in [6.07, 6.45) is 4.18. The van der Waals surface area contributed by atoms with E-state index >= 15 is 0 Å². The van der Waals surface area contributed by atoms with Crippen molar-refractivity contribution in [3.63, 3.8) is 0 Å². The number of hydrogen-bond donors (Lipinski definition) is 1. The van der Waals surface area contributed by atoms with E-state index in [0.717, 1.165) is 24.9 Å². The van der Waals surface area contributed by atoms with E-state index in [4.69, 9.17) is 4.74 Å². The van der Waals surface area contributed by atoms with Gasteiger partial charge in [-0.15, -0.1) is 0 Å². The average Bonchev–Trinajstić information content (AvgIpc) is 3.24. The third-order valence-electron chi connectivity index (χ3n) is 4.97. The molecule has 0 spiro atoms. The number of aromatic nitrogens is 1. The molecule has 1 atom stereocenters. The van der Waals surface area contributed by atoms with E-state index in [9.17, 15) is 9.59 Å². The topological polar surface area (TPSA) is 63.6 Å². The Balaban J connectivity index is 1.69. The highest BCUT2D eigenvalue weighted by molar-refractivity contribution is 5.96. The molecule has 0 bridgehead atoms. The number of ether oxygens (including phenoxy) is 1. The molecule has 0 unspecified atom stereocenters. The van der Waals surface area contributed by atoms with Gasteiger partial charge < -0.3 is 14.6 Å². The van der Waals surface area contributed by atoms with Gasteiger partial charge in [0, 0.05) is 24.6 Å². The van der Waals surface area contributed by atoms with Crippen LogP contribution in [0.3, 0.4) is 0 Å². The first kappa shape index (κ1) is 18.2. The van der Waals surface area contributed by atoms with Crippen LogP contribution in [0.25, 0.3) is 0 Å². The van der Waals surface area contributed by atoms with Crippen molar-refractivity contribution in [2.24, 2.45) is 7.05 Å². The maximum atomic E-state index is 12.6. The van der Waals surface area contributed by atoms with Crippen molar-refractivity contribution in [3.05, 3.63) is 53.3 Å². The van der Waals surface area contributed by atoms with Crippen LogP contribution in [0.2, 0.25) is 0 Å². The number of methoxy groups -OCH3 is 1. The third-order valence-corrected chi connectivity index (χ3v) is 4.97. The molecule has 6 nitrogen and oxygen atoms in total. The molecule has 1 saturated heterocycles. The quantitative estimate of drug-likeness (QED) is 0.838. The molecule has 1 amide bonds. The van der Waals surface area contributed by atoms with Gasteiger partial charge in [0.1, 0.15) is 0 Å². The van der Waals surface area contributed by atoms with Gasteiger partial charge in [-0.05, 0) is 56.1 Å². The van der Waals surface area contributed by atoms with Crippen molar-refractivity contribution in [2.75, 3.05) is 25.5 Å². The van der Waals surface area contributed by atoms with Crippen LogP contribution in [0.5, 0.6) is 0 Å². The van der Waals surface area contributed by atoms with E-state index in [0.29, 0.717) is 17.8 Å². The normalized spacial score (nSPS) is 17.3. The third kappa shape index (κ3) is 3.80. The van der Waals surface area contributed by atoms with Gasteiger partial charge in [0.15, 0.2) is 0 Å². The van der Waals surface area contributed by atoms with Crippen LogP contribution in [0.15, 0.2) is 36.5 Å². The zero-order valence-corrected chi connectivity index (χ0v) is 15.5. The minimum absolute atomic E-state index is 0.0729. The Hall–Kier alpha value is -2.60. The second kappa shape index (κ2) is 7.74. The minimum atomic E-state index is -0.413. The lowest BCUT2D eigenvalue weighted by Gasteiger charge is -2.24. The molecule has 26 heavy (non-hydrogen) atoms. The summed E-state index contributed by atoms with van der Waals surface area (Å²) >= 11 is 0. The maximum absolute atomic E-state index is 12.6. The van der Waals surface area contributed by atoms with Crippen molar-refractivity contribution in [3.8, 4) is 0 Å². The van der Waals surface area contributed by atoms with E-state index in [1.165, 1.54) is 12.8 Å². The molecule has 1 aliphatic heterocycles. The van der Waals surface area contributed by atoms with Gasteiger partial charge >= 0.3 is 5.97 Å². The van der Waals surface area contributed by atoms with Gasteiger partial charge in [-0.2, -0.15) is 0 Å². The molecule has 0 radical (unpaired) electrons. The second-order valence-electron chi connectivity index (χ2n) is 6.74. The van der Waals surface area contributed by atoms with Gasteiger partial charge in [-0.25, -0.2) is 4.79 Å². The number of likely N-dealkylation sites (tertiary alicyclic amines) is 1. The van der Waals surface area contributed by atoms with Crippen LogP contribution < -0.4 is 5.32 Å². The number of carbonyl (C=O) groups is 2. The average molecular weight is 355 g/mol. The predicted octanol–water partition coefficient (Wildman–Crippen LogP) is 2.90. The van der Waals surface area contributed by atoms with E-state index in [1.807, 2.05) is 32.3 Å². The van der Waals surface area contributed by atoms with E-state index in [-0.39, 0.29) is 11.9 Å². The zero-order chi connectivity index (χ0) is 18.7. The van der Waals surface area contributed by atoms with Crippen molar-refractivity contribution in [1.82, 2.24) is 9.47 Å². The Labute approximate surface area is 153 Å². The second-order valence-corrected chi connectivity index (χ2v) is 6.74. The summed E-state index contributed by atoms with van der Waals surface area (Å²) in [5.74, 6) is -0.486. The van der Waals surface area contributed by atoms with Gasteiger partial charge in [-0.3, -0.25) is 9.69 Å². The van der Waals surface area contributed by atoms with Gasteiger partial charge in [0.25, 0.3) is 0 Å². The first-order valence-electron chi connectivity index (χ1n) is 8.83. The fourth-order valence-electron chi connectivity index (χ4n) is 3.55. The standard InChI is InChI=1S/C20H25N3O3/c1-14-8-9-15(20(25)26-3)12-16(14)21-19(24)13-23-11-5-7-18(23)17-6-4-10-22(17)2/h4,6,8-10,12,18H,5,7,11,13H2,1-3H3,(H,21,24)/t18-/m1/s1. The van der Waals surface area contributed by atoms with Gasteiger partial charge in [-0.1, -0.05) is 6.07 Å². The molecule has 1 aliphatic rings. The van der Waals surface area contributed by atoms with Gasteiger partial charge in [0.05, 0.1) is 25.3 Å². The van der Waals surface area contributed by atoms with Crippen molar-refractivity contribution < 1.29 is 14.3 Å². The Morgan fingerprint density at radius 2 is 2.12 bits per heavy atom. The minimum Gasteiger partial charge on any atom is -0.465 e. The molecule has 1 aromatic heterocycles. The molecule has 1 aromatic carbocycles. The largest absolute Gasteiger partial charge is 0.465 e. The number of aryl methyl sites for hydroxylation is 2. The molecule has 2 aromatic rings. The number of carbonyl (C=O) groups excluding carboxylic acids is 2. The fourth-order valence-corrected chi connectivity index (χ4v) is 3.55. The molecule has 6 heteroatoms. The SMILES string of the molecule is COC(=O)c1ccc(C)c(NC(=O)CN2CCC[C@@H]2c2cccn2C)c1. The Morgan fingerprint density at radius 1 is 1.31 bits per heavy atom. The smallest absolute Gasteiger partial charge is 0.337 e. The highest BCUT2D eigenvalue weighted by Crippen LogP contribution is 2.31. The molecule has 138 valence electrons. The van der Waals surface area contributed by atoms with Crippen molar-refractivity contribution >= 4 is 17.6 Å². The number of nitrogens with one attached hydrogen (secondary N) is 1. The predicted molar refractivity (Wildman–Crippen MR) is 100 cm³/mol. The summed E-state index contributed by atoms with van der Waals surface area (Å²) in [7, 11) is 3.38. The molecule has 1 fully saturated rings. The Bertz CT molecular complexity index is 812. The zero-order valence-electron chi connectivity index (χ0n) is 15.5. The lowest BCUT2D eigenvalue weighted by Crippen LogP contribution is -2.33. The monoisotopic (exact) mass is 355 g/mol. The fraction of sp³-hybridized carbons (Fsp3) is 0.400. The summed E-state index contributed by atoms with van der Waals surface area (Å²) in [5.41, 5.74) is 3.22. The number of benzene rings is 1. The summed E-state index contributed by atoms with van der Waals surface area (Å²) in [6, 6.07) is 9.59. The van der Waals surface area contributed by atoms with Crippen LogP contribution in [0.1, 0.15) is 40.5 Å². The molecule has 0 saturated carbocycles. The summed E-state index contributed by atoms with van der Waals surface area (Å²) < 4.78 is 6.86.